The van der Waals surface area contributed by atoms with E-state index in [9.17, 15) is 36.2 Å². The highest BCUT2D eigenvalue weighted by Gasteiger charge is 2.37. The predicted octanol–water partition coefficient (Wildman–Crippen LogP) is 6.64. The number of rotatable bonds is 7. The number of alkyl halides is 6. The fourth-order valence-corrected chi connectivity index (χ4v) is 2.76. The third-order valence-electron chi connectivity index (χ3n) is 4.48. The smallest absolute Gasteiger partial charge is 0.416 e. The molecule has 0 spiro atoms. The van der Waals surface area contributed by atoms with Gasteiger partial charge < -0.3 is 15.7 Å². The van der Waals surface area contributed by atoms with Gasteiger partial charge in [0.05, 0.1) is 29.1 Å². The van der Waals surface area contributed by atoms with E-state index in [1.807, 2.05) is 6.92 Å². The normalized spacial score (nSPS) is 13.1. The number of amides is 1. The molecule has 0 aliphatic carbocycles. The lowest BCUT2D eigenvalue weighted by atomic mass is 10.0. The maximum Gasteiger partial charge on any atom is 0.416 e. The van der Waals surface area contributed by atoms with Crippen molar-refractivity contribution >= 4 is 28.9 Å². The van der Waals surface area contributed by atoms with Crippen molar-refractivity contribution < 1.29 is 36.2 Å². The molecule has 0 atom stereocenters. The zero-order valence-corrected chi connectivity index (χ0v) is 18.7. The number of carbonyl (C=O) groups excluding carboxylic acids is 1. The number of nitrogens with zero attached hydrogens (tertiary/aromatic N) is 1. The minimum Gasteiger partial charge on any atom is -0.506 e. The molecule has 0 aliphatic rings. The van der Waals surface area contributed by atoms with Crippen LogP contribution in [0.5, 0.6) is 5.75 Å². The first kappa shape index (κ1) is 27.0. The van der Waals surface area contributed by atoms with Crippen molar-refractivity contribution in [2.24, 2.45) is 4.99 Å². The maximum absolute atomic E-state index is 13.1. The summed E-state index contributed by atoms with van der Waals surface area (Å²) >= 11 is 5.88. The van der Waals surface area contributed by atoms with Gasteiger partial charge in [0, 0.05) is 22.5 Å². The Hall–Kier alpha value is -3.21. The molecule has 0 unspecified atom stereocenters. The molecule has 2 aromatic carbocycles. The number of halogens is 7. The third kappa shape index (κ3) is 7.68. The molecule has 0 saturated heterocycles. The minimum atomic E-state index is -5.08. The minimum absolute atomic E-state index is 0.0571. The second-order valence-corrected chi connectivity index (χ2v) is 7.56. The van der Waals surface area contributed by atoms with E-state index in [2.05, 4.69) is 15.6 Å². The van der Waals surface area contributed by atoms with Crippen LogP contribution < -0.4 is 10.6 Å². The number of aliphatic imine (C=N–C) groups is 1. The van der Waals surface area contributed by atoms with Crippen molar-refractivity contribution in [3.05, 3.63) is 70.0 Å². The first-order valence-corrected chi connectivity index (χ1v) is 10.1. The molecule has 0 aromatic heterocycles. The molecule has 5 nitrogen and oxygen atoms in total. The number of hydrogen-bond donors (Lipinski definition) is 3. The fraction of sp³-hybridized carbons (Fsp3) is 0.273. The van der Waals surface area contributed by atoms with Crippen molar-refractivity contribution in [2.75, 3.05) is 11.9 Å². The van der Waals surface area contributed by atoms with E-state index in [1.54, 1.807) is 6.92 Å². The Bertz CT molecular complexity index is 1080. The molecule has 0 saturated carbocycles. The molecule has 12 heteroatoms. The standard InChI is InChI=1S/C22H20ClF6N3O2/c1-3-12(2)32-17(10-30-18-9-16(23)4-5-19(18)33)11-31-20(34)13-6-14(21(24,25)26)8-15(7-13)22(27,28)29/h4-10,30,33H,3,11H2,1-2H3,(H,31,34)/b17-10-,32-12?. The van der Waals surface area contributed by atoms with Crippen LogP contribution in [0.2, 0.25) is 5.02 Å². The molecular weight excluding hydrogens is 488 g/mol. The van der Waals surface area contributed by atoms with Crippen LogP contribution >= 0.6 is 11.6 Å². The summed E-state index contributed by atoms with van der Waals surface area (Å²) in [7, 11) is 0. The van der Waals surface area contributed by atoms with Gasteiger partial charge in [-0.05, 0) is 49.7 Å². The zero-order chi connectivity index (χ0) is 25.7. The van der Waals surface area contributed by atoms with Crippen LogP contribution in [0.3, 0.4) is 0 Å². The van der Waals surface area contributed by atoms with Crippen LogP contribution in [0.15, 0.2) is 53.3 Å². The van der Waals surface area contributed by atoms with Gasteiger partial charge in [0.25, 0.3) is 5.91 Å². The fourth-order valence-electron chi connectivity index (χ4n) is 2.59. The molecule has 2 aromatic rings. The summed E-state index contributed by atoms with van der Waals surface area (Å²) in [6.07, 6.45) is -8.30. The monoisotopic (exact) mass is 507 g/mol. The number of aromatic hydroxyl groups is 1. The van der Waals surface area contributed by atoms with E-state index >= 15 is 0 Å². The highest BCUT2D eigenvalue weighted by Crippen LogP contribution is 2.36. The van der Waals surface area contributed by atoms with Crippen LogP contribution in [-0.2, 0) is 12.4 Å². The lowest BCUT2D eigenvalue weighted by Crippen LogP contribution is -2.27. The van der Waals surface area contributed by atoms with Crippen LogP contribution in [0.25, 0.3) is 0 Å². The number of benzene rings is 2. The van der Waals surface area contributed by atoms with Crippen LogP contribution in [0.4, 0.5) is 32.0 Å². The SMILES string of the molecule is CCC(C)=N/C(=C\Nc1cc(Cl)ccc1O)CNC(=O)c1cc(C(F)(F)F)cc(C(F)(F)F)c1. The Balaban J connectivity index is 2.31. The highest BCUT2D eigenvalue weighted by atomic mass is 35.5. The number of anilines is 1. The van der Waals surface area contributed by atoms with E-state index in [1.165, 1.54) is 24.4 Å². The van der Waals surface area contributed by atoms with Gasteiger partial charge in [0.1, 0.15) is 5.75 Å². The van der Waals surface area contributed by atoms with Crippen molar-refractivity contribution in [1.29, 1.82) is 0 Å². The van der Waals surface area contributed by atoms with Crippen LogP contribution in [0.1, 0.15) is 41.8 Å². The van der Waals surface area contributed by atoms with Crippen molar-refractivity contribution in [3.8, 4) is 5.75 Å². The molecule has 0 radical (unpaired) electrons. The first-order chi connectivity index (χ1) is 15.7. The average molecular weight is 508 g/mol. The van der Waals surface area contributed by atoms with Gasteiger partial charge in [0.15, 0.2) is 0 Å². The molecule has 0 fully saturated rings. The zero-order valence-electron chi connectivity index (χ0n) is 17.9. The van der Waals surface area contributed by atoms with E-state index in [0.29, 0.717) is 29.3 Å². The Morgan fingerprint density at radius 1 is 1.06 bits per heavy atom. The van der Waals surface area contributed by atoms with Gasteiger partial charge >= 0.3 is 12.4 Å². The van der Waals surface area contributed by atoms with E-state index in [0.717, 1.165) is 0 Å². The van der Waals surface area contributed by atoms with Crippen LogP contribution in [0, 0.1) is 0 Å². The molecular formula is C22H20ClF6N3O2. The lowest BCUT2D eigenvalue weighted by molar-refractivity contribution is -0.143. The molecule has 0 heterocycles. The van der Waals surface area contributed by atoms with Gasteiger partial charge in [-0.25, -0.2) is 0 Å². The van der Waals surface area contributed by atoms with Gasteiger partial charge in [-0.1, -0.05) is 18.5 Å². The second kappa shape index (κ2) is 10.8. The lowest BCUT2D eigenvalue weighted by Gasteiger charge is -2.14. The summed E-state index contributed by atoms with van der Waals surface area (Å²) in [6.45, 7) is 3.17. The maximum atomic E-state index is 13.1. The average Bonchev–Trinajstić information content (AvgIpc) is 2.75. The van der Waals surface area contributed by atoms with Gasteiger partial charge in [0.2, 0.25) is 0 Å². The topological polar surface area (TPSA) is 73.7 Å². The van der Waals surface area contributed by atoms with Crippen molar-refractivity contribution in [3.63, 3.8) is 0 Å². The summed E-state index contributed by atoms with van der Waals surface area (Å²) in [5.41, 5.74) is -2.96. The van der Waals surface area contributed by atoms with E-state index in [4.69, 9.17) is 11.6 Å². The molecule has 3 N–H and O–H groups in total. The summed E-state index contributed by atoms with van der Waals surface area (Å²) in [5, 5.41) is 15.2. The summed E-state index contributed by atoms with van der Waals surface area (Å²) < 4.78 is 78.3. The van der Waals surface area contributed by atoms with Crippen LogP contribution in [-0.4, -0.2) is 23.3 Å². The molecule has 0 aliphatic heterocycles. The molecule has 0 bridgehead atoms. The van der Waals surface area contributed by atoms with Crippen molar-refractivity contribution in [2.45, 2.75) is 32.6 Å². The summed E-state index contributed by atoms with van der Waals surface area (Å²) in [5.74, 6) is -1.29. The molecule has 184 valence electrons. The first-order valence-electron chi connectivity index (χ1n) is 9.76. The predicted molar refractivity (Wildman–Crippen MR) is 117 cm³/mol. The number of carbonyl (C=O) groups is 1. The molecule has 1 amide bonds. The van der Waals surface area contributed by atoms with E-state index < -0.39 is 35.0 Å². The van der Waals surface area contributed by atoms with E-state index in [-0.39, 0.29) is 29.7 Å². The van der Waals surface area contributed by atoms with Gasteiger partial charge in [-0.2, -0.15) is 26.3 Å². The Morgan fingerprint density at radius 3 is 2.18 bits per heavy atom. The van der Waals surface area contributed by atoms with Gasteiger partial charge in [-0.3, -0.25) is 9.79 Å². The van der Waals surface area contributed by atoms with Gasteiger partial charge in [-0.15, -0.1) is 0 Å². The number of phenolic OH excluding ortho intramolecular Hbond substituents is 1. The quantitative estimate of drug-likeness (QED) is 0.223. The Labute approximate surface area is 196 Å². The summed E-state index contributed by atoms with van der Waals surface area (Å²) in [6, 6.07) is 4.84. The van der Waals surface area contributed by atoms with Crippen molar-refractivity contribution in [1.82, 2.24) is 5.32 Å². The summed E-state index contributed by atoms with van der Waals surface area (Å²) in [4.78, 5) is 16.7. The number of nitrogens with one attached hydrogen (secondary N) is 2. The third-order valence-corrected chi connectivity index (χ3v) is 4.71. The largest absolute Gasteiger partial charge is 0.506 e. The number of phenols is 1. The molecule has 2 rings (SSSR count). The highest BCUT2D eigenvalue weighted by molar-refractivity contribution is 6.30. The Morgan fingerprint density at radius 2 is 1.65 bits per heavy atom. The number of hydrogen-bond acceptors (Lipinski definition) is 4. The molecule has 34 heavy (non-hydrogen) atoms. The second-order valence-electron chi connectivity index (χ2n) is 7.12. The Kier molecular flexibility index (Phi) is 8.60.